The summed E-state index contributed by atoms with van der Waals surface area (Å²) in [7, 11) is -3.30. The number of ether oxygens (including phenoxy) is 2. The van der Waals surface area contributed by atoms with Gasteiger partial charge in [-0.3, -0.25) is 9.52 Å². The van der Waals surface area contributed by atoms with Crippen LogP contribution in [-0.2, 0) is 21.2 Å². The minimum Gasteiger partial charge on any atom is -0.494 e. The van der Waals surface area contributed by atoms with E-state index in [1.54, 1.807) is 24.3 Å². The Morgan fingerprint density at radius 1 is 1.12 bits per heavy atom. The Morgan fingerprint density at radius 2 is 1.88 bits per heavy atom. The lowest BCUT2D eigenvalue weighted by Crippen LogP contribution is -2.32. The van der Waals surface area contributed by atoms with Gasteiger partial charge in [-0.05, 0) is 62.2 Å². The Morgan fingerprint density at radius 3 is 2.61 bits per heavy atom. The SMILES string of the molecule is Cc1ccc(OCC(O)CNCCCOc2ccc(NS(C)(=O)=O)cc2)c2c1NC(=O)CC2. The number of carbonyl (C=O) groups excluding carboxylic acids is 1. The van der Waals surface area contributed by atoms with Crippen molar-refractivity contribution in [3.8, 4) is 11.5 Å². The molecule has 1 atom stereocenters. The first-order chi connectivity index (χ1) is 15.7. The third-order valence-corrected chi connectivity index (χ3v) is 5.69. The molecule has 0 saturated carbocycles. The lowest BCUT2D eigenvalue weighted by molar-refractivity contribution is -0.116. The van der Waals surface area contributed by atoms with Crippen molar-refractivity contribution in [2.75, 3.05) is 42.6 Å². The van der Waals surface area contributed by atoms with Crippen molar-refractivity contribution in [1.29, 1.82) is 0 Å². The number of sulfonamides is 1. The molecule has 0 radical (unpaired) electrons. The molecule has 2 aromatic carbocycles. The number of aliphatic hydroxyl groups is 1. The molecule has 0 aromatic heterocycles. The number of benzene rings is 2. The molecule has 4 N–H and O–H groups in total. The van der Waals surface area contributed by atoms with E-state index < -0.39 is 16.1 Å². The molecule has 1 amide bonds. The lowest BCUT2D eigenvalue weighted by Gasteiger charge is -2.23. The van der Waals surface area contributed by atoms with Gasteiger partial charge in [-0.25, -0.2) is 8.42 Å². The topological polar surface area (TPSA) is 126 Å². The molecule has 0 spiro atoms. The van der Waals surface area contributed by atoms with Crippen LogP contribution in [0.2, 0.25) is 0 Å². The Balaban J connectivity index is 1.32. The second kappa shape index (κ2) is 11.4. The zero-order chi connectivity index (χ0) is 23.8. The van der Waals surface area contributed by atoms with Gasteiger partial charge in [-0.1, -0.05) is 6.07 Å². The summed E-state index contributed by atoms with van der Waals surface area (Å²) >= 11 is 0. The van der Waals surface area contributed by atoms with E-state index in [2.05, 4.69) is 15.4 Å². The molecule has 180 valence electrons. The van der Waals surface area contributed by atoms with Crippen LogP contribution < -0.4 is 24.8 Å². The van der Waals surface area contributed by atoms with Crippen molar-refractivity contribution in [2.45, 2.75) is 32.3 Å². The normalized spacial score (nSPS) is 14.2. The maximum Gasteiger partial charge on any atom is 0.229 e. The van der Waals surface area contributed by atoms with E-state index in [0.29, 0.717) is 49.7 Å². The Kier molecular flexibility index (Phi) is 8.54. The van der Waals surface area contributed by atoms with Gasteiger partial charge in [0.1, 0.15) is 24.2 Å². The van der Waals surface area contributed by atoms with Crippen LogP contribution in [0.5, 0.6) is 11.5 Å². The summed E-state index contributed by atoms with van der Waals surface area (Å²) < 4.78 is 36.3. The van der Waals surface area contributed by atoms with Crippen LogP contribution in [0.3, 0.4) is 0 Å². The fraction of sp³-hybridized carbons (Fsp3) is 0.435. The minimum absolute atomic E-state index is 0.0110. The van der Waals surface area contributed by atoms with Gasteiger partial charge in [-0.15, -0.1) is 0 Å². The molecule has 1 aliphatic rings. The van der Waals surface area contributed by atoms with Crippen LogP contribution >= 0.6 is 0 Å². The molecule has 0 fully saturated rings. The number of carbonyl (C=O) groups is 1. The zero-order valence-corrected chi connectivity index (χ0v) is 19.7. The van der Waals surface area contributed by atoms with Gasteiger partial charge in [0.2, 0.25) is 15.9 Å². The van der Waals surface area contributed by atoms with Crippen molar-refractivity contribution >= 4 is 27.3 Å². The van der Waals surface area contributed by atoms with E-state index in [4.69, 9.17) is 9.47 Å². The van der Waals surface area contributed by atoms with Gasteiger partial charge in [-0.2, -0.15) is 0 Å². The Bertz CT molecular complexity index is 1060. The van der Waals surface area contributed by atoms with Crippen molar-refractivity contribution in [1.82, 2.24) is 5.32 Å². The molecule has 3 rings (SSSR count). The Hall–Kier alpha value is -2.82. The highest BCUT2D eigenvalue weighted by Crippen LogP contribution is 2.34. The average molecular weight is 478 g/mol. The number of anilines is 2. The van der Waals surface area contributed by atoms with E-state index >= 15 is 0 Å². The summed E-state index contributed by atoms with van der Waals surface area (Å²) in [6.45, 7) is 3.63. The van der Waals surface area contributed by atoms with Crippen molar-refractivity contribution in [3.05, 3.63) is 47.5 Å². The highest BCUT2D eigenvalue weighted by molar-refractivity contribution is 7.92. The second-order valence-corrected chi connectivity index (χ2v) is 9.80. The number of aliphatic hydroxyl groups excluding tert-OH is 1. The minimum atomic E-state index is -3.30. The largest absolute Gasteiger partial charge is 0.494 e. The summed E-state index contributed by atoms with van der Waals surface area (Å²) in [5, 5.41) is 16.3. The fourth-order valence-corrected chi connectivity index (χ4v) is 4.04. The summed E-state index contributed by atoms with van der Waals surface area (Å²) in [4.78, 5) is 11.7. The van der Waals surface area contributed by atoms with Gasteiger partial charge in [0, 0.05) is 24.2 Å². The summed E-state index contributed by atoms with van der Waals surface area (Å²) in [6.07, 6.45) is 2.23. The first-order valence-electron chi connectivity index (χ1n) is 10.9. The molecule has 1 unspecified atom stereocenters. The molecular formula is C23H31N3O6S. The standard InChI is InChI=1S/C23H31N3O6S/c1-16-4-10-21(20-9-11-22(28)25-23(16)20)32-15-18(27)14-24-12-3-13-31-19-7-5-17(6-8-19)26-33(2,29)30/h4-8,10,18,24,26-27H,3,9,11-15H2,1-2H3,(H,25,28). The third kappa shape index (κ3) is 7.92. The molecule has 33 heavy (non-hydrogen) atoms. The quantitative estimate of drug-likeness (QED) is 0.345. The first-order valence-corrected chi connectivity index (χ1v) is 12.7. The maximum atomic E-state index is 11.7. The van der Waals surface area contributed by atoms with Gasteiger partial charge in [0.05, 0.1) is 18.6 Å². The van der Waals surface area contributed by atoms with E-state index in [1.807, 2.05) is 19.1 Å². The van der Waals surface area contributed by atoms with Gasteiger partial charge >= 0.3 is 0 Å². The fourth-order valence-electron chi connectivity index (χ4n) is 3.48. The van der Waals surface area contributed by atoms with Crippen LogP contribution in [0.25, 0.3) is 0 Å². The molecule has 0 bridgehead atoms. The summed E-state index contributed by atoms with van der Waals surface area (Å²) in [5.74, 6) is 1.36. The third-order valence-electron chi connectivity index (χ3n) is 5.08. The van der Waals surface area contributed by atoms with E-state index in [0.717, 1.165) is 29.5 Å². The van der Waals surface area contributed by atoms with Gasteiger partial charge in [0.15, 0.2) is 0 Å². The molecule has 0 saturated heterocycles. The molecule has 2 aromatic rings. The zero-order valence-electron chi connectivity index (χ0n) is 18.9. The Labute approximate surface area is 194 Å². The monoisotopic (exact) mass is 477 g/mol. The van der Waals surface area contributed by atoms with Crippen LogP contribution in [0.4, 0.5) is 11.4 Å². The molecule has 1 aliphatic heterocycles. The van der Waals surface area contributed by atoms with E-state index in [-0.39, 0.29) is 12.5 Å². The van der Waals surface area contributed by atoms with Crippen LogP contribution in [0.15, 0.2) is 36.4 Å². The van der Waals surface area contributed by atoms with Crippen LogP contribution in [0, 0.1) is 6.92 Å². The highest BCUT2D eigenvalue weighted by Gasteiger charge is 2.20. The smallest absolute Gasteiger partial charge is 0.229 e. The lowest BCUT2D eigenvalue weighted by atomic mass is 9.98. The number of fused-ring (bicyclic) bond motifs is 1. The summed E-state index contributed by atoms with van der Waals surface area (Å²) in [6, 6.07) is 10.5. The predicted molar refractivity (Wildman–Crippen MR) is 128 cm³/mol. The summed E-state index contributed by atoms with van der Waals surface area (Å²) in [5.41, 5.74) is 3.28. The molecule has 9 nitrogen and oxygen atoms in total. The predicted octanol–water partition coefficient (Wildman–Crippen LogP) is 2.05. The number of rotatable bonds is 12. The van der Waals surface area contributed by atoms with Crippen LogP contribution in [-0.4, -0.2) is 58.1 Å². The number of aryl methyl sites for hydroxylation is 1. The molecule has 1 heterocycles. The van der Waals surface area contributed by atoms with Crippen molar-refractivity contribution < 1.29 is 27.8 Å². The second-order valence-electron chi connectivity index (χ2n) is 8.05. The molecule has 10 heteroatoms. The number of nitrogens with one attached hydrogen (secondary N) is 3. The average Bonchev–Trinajstić information content (AvgIpc) is 2.76. The maximum absolute atomic E-state index is 11.7. The van der Waals surface area contributed by atoms with E-state index in [1.165, 1.54) is 0 Å². The van der Waals surface area contributed by atoms with E-state index in [9.17, 15) is 18.3 Å². The first kappa shape index (κ1) is 24.8. The van der Waals surface area contributed by atoms with Gasteiger partial charge < -0.3 is 25.2 Å². The number of hydrogen-bond donors (Lipinski definition) is 4. The van der Waals surface area contributed by atoms with Crippen molar-refractivity contribution in [3.63, 3.8) is 0 Å². The van der Waals surface area contributed by atoms with Crippen LogP contribution in [0.1, 0.15) is 24.0 Å². The van der Waals surface area contributed by atoms with Gasteiger partial charge in [0.25, 0.3) is 0 Å². The molecule has 0 aliphatic carbocycles. The van der Waals surface area contributed by atoms with Crippen molar-refractivity contribution in [2.24, 2.45) is 0 Å². The number of amides is 1. The highest BCUT2D eigenvalue weighted by atomic mass is 32.2. The molecular weight excluding hydrogens is 446 g/mol. The number of hydrogen-bond acceptors (Lipinski definition) is 7.